The molecule has 24 heavy (non-hydrogen) atoms. The first-order valence-corrected chi connectivity index (χ1v) is 8.02. The summed E-state index contributed by atoms with van der Waals surface area (Å²) in [5, 5.41) is 8.54. The second kappa shape index (κ2) is 9.47. The van der Waals surface area contributed by atoms with Crippen molar-refractivity contribution in [2.45, 2.75) is 13.0 Å². The minimum Gasteiger partial charge on any atom is -0.350 e. The molecule has 0 aromatic heterocycles. The number of amides is 2. The van der Waals surface area contributed by atoms with Gasteiger partial charge in [0.05, 0.1) is 6.54 Å². The van der Waals surface area contributed by atoms with Gasteiger partial charge in [0.2, 0.25) is 5.91 Å². The Morgan fingerprint density at radius 3 is 2.38 bits per heavy atom. The zero-order valence-electron chi connectivity index (χ0n) is 13.8. The molecule has 0 aliphatic carbocycles. The first-order chi connectivity index (χ1) is 11.7. The van der Waals surface area contributed by atoms with Crippen LogP contribution >= 0.6 is 0 Å². The summed E-state index contributed by atoms with van der Waals surface area (Å²) in [5.74, 6) is -0.434. The van der Waals surface area contributed by atoms with Gasteiger partial charge in [0.25, 0.3) is 5.91 Å². The van der Waals surface area contributed by atoms with Crippen molar-refractivity contribution < 1.29 is 9.59 Å². The smallest absolute Gasteiger partial charge is 0.251 e. The minimum atomic E-state index is -0.225. The van der Waals surface area contributed by atoms with Gasteiger partial charge in [-0.05, 0) is 37.2 Å². The van der Waals surface area contributed by atoms with Crippen molar-refractivity contribution in [2.75, 3.05) is 20.1 Å². The van der Waals surface area contributed by atoms with E-state index in [4.69, 9.17) is 0 Å². The van der Waals surface area contributed by atoms with E-state index in [1.54, 1.807) is 6.07 Å². The molecule has 0 saturated heterocycles. The first kappa shape index (κ1) is 17.7. The maximum Gasteiger partial charge on any atom is 0.251 e. The molecule has 126 valence electrons. The van der Waals surface area contributed by atoms with Gasteiger partial charge >= 0.3 is 0 Å². The Kier molecular flexibility index (Phi) is 6.98. The molecule has 2 aromatic carbocycles. The third-order valence-electron chi connectivity index (χ3n) is 3.65. The molecule has 0 unspecified atom stereocenters. The predicted molar refractivity (Wildman–Crippen MR) is 94.7 cm³/mol. The molecule has 0 saturated carbocycles. The number of carbonyl (C=O) groups is 2. The Balaban J connectivity index is 1.83. The molecule has 2 amide bonds. The number of hydrogen-bond donors (Lipinski definition) is 3. The molecule has 2 aromatic rings. The summed E-state index contributed by atoms with van der Waals surface area (Å²) in [6.07, 6.45) is 0.764. The Morgan fingerprint density at radius 2 is 1.62 bits per heavy atom. The monoisotopic (exact) mass is 325 g/mol. The molecular formula is C19H23N3O2. The number of nitrogens with one attached hydrogen (secondary N) is 3. The summed E-state index contributed by atoms with van der Waals surface area (Å²) in [7, 11) is 1.87. The van der Waals surface area contributed by atoms with Gasteiger partial charge in [0.1, 0.15) is 0 Å². The maximum absolute atomic E-state index is 12.3. The number of likely N-dealkylation sites (N-methyl/N-ethyl adjacent to an activating group) is 1. The third-order valence-corrected chi connectivity index (χ3v) is 3.65. The zero-order chi connectivity index (χ0) is 17.2. The van der Waals surface area contributed by atoms with Crippen molar-refractivity contribution in [3.05, 3.63) is 71.3 Å². The lowest BCUT2D eigenvalue weighted by molar-refractivity contribution is -0.120. The van der Waals surface area contributed by atoms with Crippen LogP contribution in [0.3, 0.4) is 0 Å². The predicted octanol–water partition coefficient (Wildman–Crippen LogP) is 1.49. The molecule has 0 bridgehead atoms. The van der Waals surface area contributed by atoms with E-state index in [1.807, 2.05) is 55.6 Å². The molecule has 2 rings (SSSR count). The summed E-state index contributed by atoms with van der Waals surface area (Å²) >= 11 is 0. The van der Waals surface area contributed by atoms with Crippen LogP contribution in [0.2, 0.25) is 0 Å². The molecule has 0 aliphatic heterocycles. The summed E-state index contributed by atoms with van der Waals surface area (Å²) in [6, 6.07) is 17.1. The van der Waals surface area contributed by atoms with Crippen LogP contribution in [0.15, 0.2) is 54.6 Å². The van der Waals surface area contributed by atoms with Gasteiger partial charge in [-0.2, -0.15) is 0 Å². The van der Waals surface area contributed by atoms with Crippen LogP contribution in [0.1, 0.15) is 21.5 Å². The molecule has 0 radical (unpaired) electrons. The zero-order valence-corrected chi connectivity index (χ0v) is 13.8. The SMILES string of the molecule is CNCCc1ccccc1C(=O)NCC(=O)NCc1ccccc1. The summed E-state index contributed by atoms with van der Waals surface area (Å²) in [4.78, 5) is 24.2. The van der Waals surface area contributed by atoms with E-state index in [0.29, 0.717) is 12.1 Å². The van der Waals surface area contributed by atoms with Crippen LogP contribution in [0.4, 0.5) is 0 Å². The van der Waals surface area contributed by atoms with E-state index in [1.165, 1.54) is 0 Å². The fraction of sp³-hybridized carbons (Fsp3) is 0.263. The van der Waals surface area contributed by atoms with Gasteiger partial charge in [-0.1, -0.05) is 48.5 Å². The van der Waals surface area contributed by atoms with Crippen LogP contribution in [-0.2, 0) is 17.8 Å². The standard InChI is InChI=1S/C19H23N3O2/c1-20-12-11-16-9-5-6-10-17(16)19(24)22-14-18(23)21-13-15-7-3-2-4-8-15/h2-10,20H,11-14H2,1H3,(H,21,23)(H,22,24). The molecule has 0 aliphatic rings. The van der Waals surface area contributed by atoms with Crippen molar-refractivity contribution >= 4 is 11.8 Å². The van der Waals surface area contributed by atoms with Gasteiger partial charge in [-0.15, -0.1) is 0 Å². The van der Waals surface area contributed by atoms with Crippen LogP contribution in [0.25, 0.3) is 0 Å². The molecule has 0 spiro atoms. The van der Waals surface area contributed by atoms with Crippen LogP contribution < -0.4 is 16.0 Å². The second-order valence-electron chi connectivity index (χ2n) is 5.46. The van der Waals surface area contributed by atoms with Gasteiger partial charge in [0.15, 0.2) is 0 Å². The van der Waals surface area contributed by atoms with Gasteiger partial charge in [-0.3, -0.25) is 9.59 Å². The Hall–Kier alpha value is -2.66. The molecule has 5 heteroatoms. The van der Waals surface area contributed by atoms with Crippen molar-refractivity contribution in [3.8, 4) is 0 Å². The molecule has 0 fully saturated rings. The highest BCUT2D eigenvalue weighted by molar-refractivity contribution is 5.97. The molecule has 0 heterocycles. The third kappa shape index (κ3) is 5.52. The maximum atomic E-state index is 12.3. The lowest BCUT2D eigenvalue weighted by atomic mass is 10.0. The summed E-state index contributed by atoms with van der Waals surface area (Å²) < 4.78 is 0. The Morgan fingerprint density at radius 1 is 0.917 bits per heavy atom. The highest BCUT2D eigenvalue weighted by atomic mass is 16.2. The second-order valence-corrected chi connectivity index (χ2v) is 5.46. The summed E-state index contributed by atoms with van der Waals surface area (Å²) in [5.41, 5.74) is 2.60. The Labute approximate surface area is 142 Å². The van der Waals surface area contributed by atoms with E-state index >= 15 is 0 Å². The van der Waals surface area contributed by atoms with Crippen molar-refractivity contribution in [3.63, 3.8) is 0 Å². The van der Waals surface area contributed by atoms with Crippen molar-refractivity contribution in [1.29, 1.82) is 0 Å². The molecular weight excluding hydrogens is 302 g/mol. The first-order valence-electron chi connectivity index (χ1n) is 8.02. The van der Waals surface area contributed by atoms with Crippen LogP contribution in [0.5, 0.6) is 0 Å². The van der Waals surface area contributed by atoms with Gasteiger partial charge < -0.3 is 16.0 Å². The lowest BCUT2D eigenvalue weighted by Crippen LogP contribution is -2.37. The Bertz CT molecular complexity index is 671. The largest absolute Gasteiger partial charge is 0.350 e. The highest BCUT2D eigenvalue weighted by Gasteiger charge is 2.11. The average molecular weight is 325 g/mol. The highest BCUT2D eigenvalue weighted by Crippen LogP contribution is 2.09. The number of hydrogen-bond acceptors (Lipinski definition) is 3. The van der Waals surface area contributed by atoms with E-state index in [2.05, 4.69) is 16.0 Å². The topological polar surface area (TPSA) is 70.2 Å². The van der Waals surface area contributed by atoms with Crippen LogP contribution in [-0.4, -0.2) is 32.0 Å². The number of carbonyl (C=O) groups excluding carboxylic acids is 2. The van der Waals surface area contributed by atoms with E-state index in [-0.39, 0.29) is 18.4 Å². The van der Waals surface area contributed by atoms with Crippen LogP contribution in [0, 0.1) is 0 Å². The number of rotatable bonds is 8. The minimum absolute atomic E-state index is 0.0357. The van der Waals surface area contributed by atoms with E-state index in [0.717, 1.165) is 24.1 Å². The van der Waals surface area contributed by atoms with Crippen molar-refractivity contribution in [1.82, 2.24) is 16.0 Å². The van der Waals surface area contributed by atoms with E-state index < -0.39 is 0 Å². The molecule has 3 N–H and O–H groups in total. The van der Waals surface area contributed by atoms with E-state index in [9.17, 15) is 9.59 Å². The lowest BCUT2D eigenvalue weighted by Gasteiger charge is -2.10. The quantitative estimate of drug-likeness (QED) is 0.689. The fourth-order valence-corrected chi connectivity index (χ4v) is 2.33. The number of benzene rings is 2. The van der Waals surface area contributed by atoms with Gasteiger partial charge in [0, 0.05) is 12.1 Å². The van der Waals surface area contributed by atoms with Crippen molar-refractivity contribution in [2.24, 2.45) is 0 Å². The fourth-order valence-electron chi connectivity index (χ4n) is 2.33. The molecule has 0 atom stereocenters. The normalized spacial score (nSPS) is 10.2. The molecule has 5 nitrogen and oxygen atoms in total. The average Bonchev–Trinajstić information content (AvgIpc) is 2.63. The van der Waals surface area contributed by atoms with Gasteiger partial charge in [-0.25, -0.2) is 0 Å². The summed E-state index contributed by atoms with van der Waals surface area (Å²) in [6.45, 7) is 1.21.